The van der Waals surface area contributed by atoms with E-state index in [1.54, 1.807) is 24.7 Å². The van der Waals surface area contributed by atoms with Crippen LogP contribution in [-0.2, 0) is 23.1 Å². The van der Waals surface area contributed by atoms with Gasteiger partial charge in [-0.2, -0.15) is 17.5 Å². The second-order valence-electron chi connectivity index (χ2n) is 8.07. The lowest BCUT2D eigenvalue weighted by Gasteiger charge is -2.35. The highest BCUT2D eigenvalue weighted by atomic mass is 32.2. The van der Waals surface area contributed by atoms with Crippen LogP contribution >= 0.6 is 0 Å². The van der Waals surface area contributed by atoms with Gasteiger partial charge in [0, 0.05) is 37.6 Å². The van der Waals surface area contributed by atoms with Crippen molar-refractivity contribution in [3.05, 3.63) is 48.0 Å². The van der Waals surface area contributed by atoms with Crippen LogP contribution in [0.3, 0.4) is 0 Å². The Balaban J connectivity index is 1.70. The summed E-state index contributed by atoms with van der Waals surface area (Å²) in [6.07, 6.45) is 6.01. The number of sulfonamides is 1. The Morgan fingerprint density at radius 1 is 1.16 bits per heavy atom. The van der Waals surface area contributed by atoms with Crippen LogP contribution in [0.25, 0.3) is 0 Å². The van der Waals surface area contributed by atoms with Gasteiger partial charge in [0.25, 0.3) is 0 Å². The lowest BCUT2D eigenvalue weighted by Crippen LogP contribution is -2.47. The molecular formula is C20H26F3N5O2S. The molecule has 2 aliphatic heterocycles. The number of benzene rings is 1. The van der Waals surface area contributed by atoms with Crippen molar-refractivity contribution in [2.75, 3.05) is 31.1 Å². The Labute approximate surface area is 179 Å². The average molecular weight is 458 g/mol. The molecule has 1 fully saturated rings. The third-order valence-corrected chi connectivity index (χ3v) is 7.55. The molecule has 4 rings (SSSR count). The molecule has 0 bridgehead atoms. The van der Waals surface area contributed by atoms with Crippen LogP contribution in [0, 0.1) is 0 Å². The van der Waals surface area contributed by atoms with Gasteiger partial charge in [-0.25, -0.2) is 13.4 Å². The van der Waals surface area contributed by atoms with Crippen molar-refractivity contribution in [1.29, 1.82) is 0 Å². The van der Waals surface area contributed by atoms with Crippen molar-refractivity contribution < 1.29 is 21.6 Å². The van der Waals surface area contributed by atoms with Gasteiger partial charge in [-0.05, 0) is 44.0 Å². The van der Waals surface area contributed by atoms with E-state index in [1.807, 2.05) is 17.0 Å². The first-order chi connectivity index (χ1) is 14.8. The van der Waals surface area contributed by atoms with Gasteiger partial charge in [-0.3, -0.25) is 0 Å². The summed E-state index contributed by atoms with van der Waals surface area (Å²) in [5.74, 6) is 0. The van der Waals surface area contributed by atoms with E-state index in [9.17, 15) is 21.6 Å². The first-order valence-corrected chi connectivity index (χ1v) is 11.8. The predicted octanol–water partition coefficient (Wildman–Crippen LogP) is 2.94. The van der Waals surface area contributed by atoms with Crippen LogP contribution in [0.5, 0.6) is 0 Å². The minimum atomic E-state index is -5.45. The standard InChI is InChI=1S/C20H26F3N5O2S/c21-20(22,23)31(29,30)27-12-16-5-1-2-6-19(16)28(13-17-11-24-15-25-17)18(14-27)7-10-26-8-3-4-9-26/h1-2,5-6,11,15,18H,3-4,7-10,12-14H2,(H,24,25)/t18-/m0/s1. The smallest absolute Gasteiger partial charge is 0.361 e. The summed E-state index contributed by atoms with van der Waals surface area (Å²) in [4.78, 5) is 11.4. The lowest BCUT2D eigenvalue weighted by atomic mass is 10.1. The van der Waals surface area contributed by atoms with Gasteiger partial charge in [0.05, 0.1) is 18.6 Å². The zero-order valence-corrected chi connectivity index (χ0v) is 17.9. The molecule has 1 aromatic carbocycles. The topological polar surface area (TPSA) is 72.5 Å². The van der Waals surface area contributed by atoms with Gasteiger partial charge >= 0.3 is 15.5 Å². The molecule has 0 aliphatic carbocycles. The highest BCUT2D eigenvalue weighted by Crippen LogP contribution is 2.35. The summed E-state index contributed by atoms with van der Waals surface area (Å²) < 4.78 is 65.6. The van der Waals surface area contributed by atoms with Gasteiger partial charge in [-0.15, -0.1) is 0 Å². The molecule has 0 unspecified atom stereocenters. The maximum atomic E-state index is 13.4. The number of nitrogens with one attached hydrogen (secondary N) is 1. The maximum absolute atomic E-state index is 13.4. The fraction of sp³-hybridized carbons (Fsp3) is 0.550. The van der Waals surface area contributed by atoms with Crippen LogP contribution in [0.4, 0.5) is 18.9 Å². The summed E-state index contributed by atoms with van der Waals surface area (Å²) in [7, 11) is -5.45. The number of likely N-dealkylation sites (tertiary alicyclic amines) is 1. The molecule has 1 aromatic heterocycles. The molecule has 2 aliphatic rings. The minimum absolute atomic E-state index is 0.224. The number of halogens is 3. The van der Waals surface area contributed by atoms with Crippen molar-refractivity contribution in [1.82, 2.24) is 19.2 Å². The highest BCUT2D eigenvalue weighted by molar-refractivity contribution is 7.89. The second kappa shape index (κ2) is 8.79. The molecule has 7 nitrogen and oxygen atoms in total. The number of para-hydroxylation sites is 1. The zero-order chi connectivity index (χ0) is 22.1. The van der Waals surface area contributed by atoms with Crippen molar-refractivity contribution in [2.24, 2.45) is 0 Å². The maximum Gasteiger partial charge on any atom is 0.511 e. The number of rotatable bonds is 6. The zero-order valence-electron chi connectivity index (χ0n) is 17.1. The number of aromatic amines is 1. The Morgan fingerprint density at radius 2 is 1.90 bits per heavy atom. The third-order valence-electron chi connectivity index (χ3n) is 6.01. The monoisotopic (exact) mass is 457 g/mol. The number of anilines is 1. The largest absolute Gasteiger partial charge is 0.511 e. The van der Waals surface area contributed by atoms with Gasteiger partial charge in [-0.1, -0.05) is 18.2 Å². The highest BCUT2D eigenvalue weighted by Gasteiger charge is 2.51. The molecule has 31 heavy (non-hydrogen) atoms. The van der Waals surface area contributed by atoms with E-state index in [4.69, 9.17) is 0 Å². The number of hydrogen-bond acceptors (Lipinski definition) is 5. The summed E-state index contributed by atoms with van der Waals surface area (Å²) in [5, 5.41) is 0. The normalized spacial score (nSPS) is 21.3. The summed E-state index contributed by atoms with van der Waals surface area (Å²) in [5.41, 5.74) is -3.21. The van der Waals surface area contributed by atoms with Gasteiger partial charge < -0.3 is 14.8 Å². The fourth-order valence-corrected chi connectivity index (χ4v) is 5.36. The number of nitrogens with zero attached hydrogens (tertiary/aromatic N) is 4. The Bertz CT molecular complexity index is 975. The average Bonchev–Trinajstić information content (AvgIpc) is 3.39. The van der Waals surface area contributed by atoms with E-state index >= 15 is 0 Å². The number of imidazole rings is 1. The summed E-state index contributed by atoms with van der Waals surface area (Å²) in [6.45, 7) is 2.52. The molecule has 1 saturated heterocycles. The molecule has 0 amide bonds. The van der Waals surface area contributed by atoms with Gasteiger partial charge in [0.2, 0.25) is 0 Å². The number of aromatic nitrogens is 2. The number of hydrogen-bond donors (Lipinski definition) is 1. The quantitative estimate of drug-likeness (QED) is 0.722. The fourth-order valence-electron chi connectivity index (χ4n) is 4.39. The summed E-state index contributed by atoms with van der Waals surface area (Å²) in [6, 6.07) is 6.67. The van der Waals surface area contributed by atoms with Crippen molar-refractivity contribution in [3.8, 4) is 0 Å². The van der Waals surface area contributed by atoms with E-state index in [-0.39, 0.29) is 13.1 Å². The molecule has 2 aromatic rings. The van der Waals surface area contributed by atoms with Gasteiger partial charge in [0.15, 0.2) is 0 Å². The van der Waals surface area contributed by atoms with Crippen LogP contribution in [-0.4, -0.2) is 65.3 Å². The van der Waals surface area contributed by atoms with Crippen LogP contribution < -0.4 is 4.90 Å². The predicted molar refractivity (Wildman–Crippen MR) is 111 cm³/mol. The van der Waals surface area contributed by atoms with Crippen molar-refractivity contribution >= 4 is 15.7 Å². The van der Waals surface area contributed by atoms with Crippen LogP contribution in [0.15, 0.2) is 36.8 Å². The lowest BCUT2D eigenvalue weighted by molar-refractivity contribution is -0.0492. The molecule has 1 N–H and O–H groups in total. The SMILES string of the molecule is O=S(=O)(N1Cc2ccccc2N(Cc2cnc[nH]2)[C@@H](CCN2CCCC2)C1)C(F)(F)F. The summed E-state index contributed by atoms with van der Waals surface area (Å²) >= 11 is 0. The van der Waals surface area contributed by atoms with E-state index in [0.717, 1.165) is 37.3 Å². The van der Waals surface area contributed by atoms with E-state index < -0.39 is 21.6 Å². The van der Waals surface area contributed by atoms with Gasteiger partial charge in [0.1, 0.15) is 0 Å². The molecule has 3 heterocycles. The van der Waals surface area contributed by atoms with E-state index in [0.29, 0.717) is 29.4 Å². The van der Waals surface area contributed by atoms with Crippen molar-refractivity contribution in [2.45, 2.75) is 43.9 Å². The molecule has 0 radical (unpaired) electrons. The molecule has 11 heteroatoms. The molecule has 1 atom stereocenters. The first kappa shape index (κ1) is 22.1. The minimum Gasteiger partial charge on any atom is -0.361 e. The molecule has 170 valence electrons. The Hall–Kier alpha value is -2.11. The Kier molecular flexibility index (Phi) is 6.27. The van der Waals surface area contributed by atoms with E-state index in [1.165, 1.54) is 0 Å². The molecule has 0 spiro atoms. The number of fused-ring (bicyclic) bond motifs is 1. The molecular weight excluding hydrogens is 431 g/mol. The number of H-pyrrole nitrogens is 1. The third kappa shape index (κ3) is 4.73. The van der Waals surface area contributed by atoms with Crippen LogP contribution in [0.2, 0.25) is 0 Å². The van der Waals surface area contributed by atoms with E-state index in [2.05, 4.69) is 14.9 Å². The number of alkyl halides is 3. The van der Waals surface area contributed by atoms with Crippen molar-refractivity contribution in [3.63, 3.8) is 0 Å². The second-order valence-corrected chi connectivity index (χ2v) is 10.00. The molecule has 0 saturated carbocycles. The first-order valence-electron chi connectivity index (χ1n) is 10.4. The van der Waals surface area contributed by atoms with Crippen LogP contribution in [0.1, 0.15) is 30.5 Å². The Morgan fingerprint density at radius 3 is 2.58 bits per heavy atom.